The van der Waals surface area contributed by atoms with E-state index in [0.29, 0.717) is 12.0 Å². The molecule has 0 amide bonds. The molecule has 0 N–H and O–H groups in total. The number of carbonyl (C=O) groups excluding carboxylic acids is 2. The van der Waals surface area contributed by atoms with E-state index in [1.54, 1.807) is 32.4 Å². The second kappa shape index (κ2) is 10.9. The fourth-order valence-corrected chi connectivity index (χ4v) is 2.96. The summed E-state index contributed by atoms with van der Waals surface area (Å²) in [5, 5.41) is 0. The molecule has 0 aliphatic rings. The number of hydrogen-bond acceptors (Lipinski definition) is 7. The van der Waals surface area contributed by atoms with Gasteiger partial charge in [0.1, 0.15) is 30.3 Å². The maximum Gasteiger partial charge on any atom is 0.378 e. The number of aldehydes is 1. The number of hydrogen-bond donors (Lipinski definition) is 0. The largest absolute Gasteiger partial charge is 0.540 e. The van der Waals surface area contributed by atoms with Crippen LogP contribution in [0.1, 0.15) is 31.8 Å². The van der Waals surface area contributed by atoms with Crippen LogP contribution in [-0.4, -0.2) is 34.5 Å². The molecule has 162 valence electrons. The first-order valence-electron chi connectivity index (χ1n) is 9.64. The number of benzene rings is 3. The molecule has 3 aromatic carbocycles. The van der Waals surface area contributed by atoms with Gasteiger partial charge in [0.05, 0.1) is 14.2 Å². The molecule has 0 bridgehead atoms. The van der Waals surface area contributed by atoms with Gasteiger partial charge in [0, 0.05) is 5.56 Å². The van der Waals surface area contributed by atoms with Gasteiger partial charge in [-0.1, -0.05) is 24.3 Å². The summed E-state index contributed by atoms with van der Waals surface area (Å²) >= 11 is 0. The molecule has 32 heavy (non-hydrogen) atoms. The van der Waals surface area contributed by atoms with Crippen molar-refractivity contribution in [3.8, 4) is 23.0 Å². The first-order valence-corrected chi connectivity index (χ1v) is 9.64. The van der Waals surface area contributed by atoms with Crippen LogP contribution in [-0.2, 0) is 17.9 Å². The molecule has 0 saturated carbocycles. The van der Waals surface area contributed by atoms with Crippen LogP contribution in [0, 0.1) is 0 Å². The quantitative estimate of drug-likeness (QED) is 0.355. The van der Waals surface area contributed by atoms with Crippen LogP contribution in [0.4, 0.5) is 0 Å². The van der Waals surface area contributed by atoms with Crippen molar-refractivity contribution in [2.24, 2.45) is 0 Å². The molecule has 0 spiro atoms. The first kappa shape index (κ1) is 22.7. The van der Waals surface area contributed by atoms with Crippen molar-refractivity contribution in [1.29, 1.82) is 0 Å². The zero-order valence-electron chi connectivity index (χ0n) is 17.7. The topological polar surface area (TPSA) is 80.3 Å². The van der Waals surface area contributed by atoms with E-state index >= 15 is 0 Å². The Hall–Kier alpha value is -3.94. The zero-order valence-corrected chi connectivity index (χ0v) is 17.7. The van der Waals surface area contributed by atoms with Crippen LogP contribution >= 0.6 is 0 Å². The van der Waals surface area contributed by atoms with Crippen molar-refractivity contribution < 1.29 is 33.2 Å². The summed E-state index contributed by atoms with van der Waals surface area (Å²) in [6.07, 6.45) is 0.528. The molecule has 0 saturated heterocycles. The normalized spacial score (nSPS) is 10.2. The summed E-state index contributed by atoms with van der Waals surface area (Å²) in [6.45, 7) is 0.302. The van der Waals surface area contributed by atoms with E-state index in [9.17, 15) is 9.59 Å². The third-order valence-corrected chi connectivity index (χ3v) is 4.69. The fraction of sp³-hybridized carbons (Fsp3) is 0.167. The SMILES string of the molecule is [B]OC(=O)c1c(C=O)ccc(OCc2ccc(OC)cc2)c1OCc1ccc(OC)cc1. The maximum atomic E-state index is 12.3. The summed E-state index contributed by atoms with van der Waals surface area (Å²) < 4.78 is 26.5. The highest BCUT2D eigenvalue weighted by atomic mass is 16.5. The van der Waals surface area contributed by atoms with E-state index in [-0.39, 0.29) is 35.8 Å². The lowest BCUT2D eigenvalue weighted by Crippen LogP contribution is -2.11. The van der Waals surface area contributed by atoms with Crippen molar-refractivity contribution in [1.82, 2.24) is 0 Å². The summed E-state index contributed by atoms with van der Waals surface area (Å²) in [4.78, 5) is 23.9. The average molecular weight is 432 g/mol. The Labute approximate surface area is 187 Å². The summed E-state index contributed by atoms with van der Waals surface area (Å²) in [7, 11) is 8.26. The number of ether oxygens (including phenoxy) is 4. The Kier molecular flexibility index (Phi) is 7.75. The lowest BCUT2D eigenvalue weighted by atomic mass is 10.1. The van der Waals surface area contributed by atoms with Crippen LogP contribution in [0.3, 0.4) is 0 Å². The second-order valence-corrected chi connectivity index (χ2v) is 6.65. The van der Waals surface area contributed by atoms with Crippen molar-refractivity contribution in [3.63, 3.8) is 0 Å². The van der Waals surface area contributed by atoms with E-state index in [1.807, 2.05) is 36.4 Å². The highest BCUT2D eigenvalue weighted by molar-refractivity contribution is 6.12. The summed E-state index contributed by atoms with van der Waals surface area (Å²) in [5.41, 5.74) is 1.65. The molecule has 0 heterocycles. The standard InChI is InChI=1S/C24H21BO7/c1-28-19-8-3-16(4-9-19)14-30-21-12-7-18(13-26)22(24(27)32-25)23(21)31-15-17-5-10-20(29-2)11-6-17/h3-13H,14-15H2,1-2H3. The molecule has 2 radical (unpaired) electrons. The van der Waals surface area contributed by atoms with Gasteiger partial charge in [-0.2, -0.15) is 0 Å². The van der Waals surface area contributed by atoms with Gasteiger partial charge in [0.15, 0.2) is 17.8 Å². The van der Waals surface area contributed by atoms with Gasteiger partial charge in [-0.3, -0.25) is 4.79 Å². The Balaban J connectivity index is 1.89. The molecule has 0 aliphatic carbocycles. The van der Waals surface area contributed by atoms with Gasteiger partial charge in [-0.15, -0.1) is 0 Å². The van der Waals surface area contributed by atoms with E-state index in [2.05, 4.69) is 4.65 Å². The zero-order chi connectivity index (χ0) is 22.9. The van der Waals surface area contributed by atoms with E-state index in [0.717, 1.165) is 16.9 Å². The average Bonchev–Trinajstić information content (AvgIpc) is 2.86. The minimum atomic E-state index is -0.910. The third-order valence-electron chi connectivity index (χ3n) is 4.69. The van der Waals surface area contributed by atoms with Gasteiger partial charge < -0.3 is 23.6 Å². The Bertz CT molecular complexity index is 1060. The molecule has 0 fully saturated rings. The third kappa shape index (κ3) is 5.40. The highest BCUT2D eigenvalue weighted by Crippen LogP contribution is 2.35. The van der Waals surface area contributed by atoms with Crippen LogP contribution in [0.5, 0.6) is 23.0 Å². The number of carbonyl (C=O) groups is 2. The van der Waals surface area contributed by atoms with Gasteiger partial charge in [0.25, 0.3) is 0 Å². The molecule has 7 nitrogen and oxygen atoms in total. The van der Waals surface area contributed by atoms with Gasteiger partial charge in [0.2, 0.25) is 0 Å². The Morgan fingerprint density at radius 2 is 1.34 bits per heavy atom. The van der Waals surface area contributed by atoms with E-state index in [4.69, 9.17) is 27.0 Å². The molecule has 0 aliphatic heterocycles. The predicted octanol–water partition coefficient (Wildman–Crippen LogP) is 3.91. The molecular formula is C24H21BO7. The van der Waals surface area contributed by atoms with Gasteiger partial charge >= 0.3 is 14.0 Å². The van der Waals surface area contributed by atoms with Crippen LogP contribution in [0.25, 0.3) is 0 Å². The Morgan fingerprint density at radius 1 is 0.812 bits per heavy atom. The Morgan fingerprint density at radius 3 is 1.81 bits per heavy atom. The fourth-order valence-electron chi connectivity index (χ4n) is 2.96. The van der Waals surface area contributed by atoms with Crippen LogP contribution < -0.4 is 18.9 Å². The van der Waals surface area contributed by atoms with E-state index < -0.39 is 5.97 Å². The maximum absolute atomic E-state index is 12.3. The summed E-state index contributed by atoms with van der Waals surface area (Å²) in [6, 6.07) is 17.6. The van der Waals surface area contributed by atoms with Gasteiger partial charge in [-0.25, -0.2) is 4.79 Å². The molecule has 0 atom stereocenters. The van der Waals surface area contributed by atoms with Crippen LogP contribution in [0.2, 0.25) is 0 Å². The molecular weight excluding hydrogens is 411 g/mol. The van der Waals surface area contributed by atoms with E-state index in [1.165, 1.54) is 6.07 Å². The van der Waals surface area contributed by atoms with Crippen molar-refractivity contribution >= 4 is 20.3 Å². The number of methoxy groups -OCH3 is 2. The van der Waals surface area contributed by atoms with Crippen molar-refractivity contribution in [2.45, 2.75) is 13.2 Å². The molecule has 0 aromatic heterocycles. The first-order chi connectivity index (χ1) is 15.6. The molecule has 8 heteroatoms. The smallest absolute Gasteiger partial charge is 0.378 e. The lowest BCUT2D eigenvalue weighted by Gasteiger charge is -2.17. The molecule has 3 rings (SSSR count). The van der Waals surface area contributed by atoms with Crippen molar-refractivity contribution in [3.05, 3.63) is 82.9 Å². The monoisotopic (exact) mass is 432 g/mol. The molecule has 3 aromatic rings. The number of rotatable bonds is 10. The van der Waals surface area contributed by atoms with Crippen LogP contribution in [0.15, 0.2) is 60.7 Å². The lowest BCUT2D eigenvalue weighted by molar-refractivity contribution is 0.0740. The van der Waals surface area contributed by atoms with Gasteiger partial charge in [-0.05, 0) is 47.5 Å². The minimum Gasteiger partial charge on any atom is -0.540 e. The highest BCUT2D eigenvalue weighted by Gasteiger charge is 2.23. The minimum absolute atomic E-state index is 0.0642. The predicted molar refractivity (Wildman–Crippen MR) is 118 cm³/mol. The second-order valence-electron chi connectivity index (χ2n) is 6.65. The molecule has 0 unspecified atom stereocenters. The van der Waals surface area contributed by atoms with Crippen molar-refractivity contribution in [2.75, 3.05) is 14.2 Å². The summed E-state index contributed by atoms with van der Waals surface area (Å²) in [5.74, 6) is 0.842.